The van der Waals surface area contributed by atoms with Crippen molar-refractivity contribution in [3.8, 4) is 22.6 Å². The third kappa shape index (κ3) is 6.54. The highest BCUT2D eigenvalue weighted by Gasteiger charge is 2.28. The van der Waals surface area contributed by atoms with Crippen LogP contribution in [0.2, 0.25) is 0 Å². The number of ether oxygens (including phenoxy) is 2. The summed E-state index contributed by atoms with van der Waals surface area (Å²) in [5, 5.41) is 0.635. The fourth-order valence-corrected chi connectivity index (χ4v) is 5.58. The van der Waals surface area contributed by atoms with Crippen LogP contribution in [0.3, 0.4) is 0 Å². The highest BCUT2D eigenvalue weighted by molar-refractivity contribution is 7.89. The van der Waals surface area contributed by atoms with Gasteiger partial charge in [-0.1, -0.05) is 60.2 Å². The Balaban J connectivity index is 1.44. The van der Waals surface area contributed by atoms with Gasteiger partial charge in [-0.15, -0.1) is 0 Å². The molecule has 0 amide bonds. The topological polar surface area (TPSA) is 112 Å². The number of fused-ring (bicyclic) bond motifs is 1. The van der Waals surface area contributed by atoms with Gasteiger partial charge in [0.25, 0.3) is 0 Å². The van der Waals surface area contributed by atoms with Crippen LogP contribution in [-0.2, 0) is 21.2 Å². The molecule has 8 nitrogen and oxygen atoms in total. The number of hydrogen-bond donors (Lipinski definition) is 1. The van der Waals surface area contributed by atoms with Crippen molar-refractivity contribution in [3.05, 3.63) is 125 Å². The zero-order valence-corrected chi connectivity index (χ0v) is 23.2. The third-order valence-electron chi connectivity index (χ3n) is 6.53. The maximum atomic E-state index is 13.4. The Kier molecular flexibility index (Phi) is 8.00. The van der Waals surface area contributed by atoms with E-state index in [0.717, 1.165) is 16.7 Å². The number of rotatable bonds is 9. The van der Waals surface area contributed by atoms with E-state index in [9.17, 15) is 18.0 Å². The Labute approximate surface area is 237 Å². The van der Waals surface area contributed by atoms with Gasteiger partial charge in [0, 0.05) is 17.5 Å². The molecule has 1 heterocycles. The molecule has 0 fully saturated rings. The zero-order chi connectivity index (χ0) is 29.0. The van der Waals surface area contributed by atoms with Crippen molar-refractivity contribution < 1.29 is 27.1 Å². The predicted molar refractivity (Wildman–Crippen MR) is 156 cm³/mol. The Bertz CT molecular complexity index is 1850. The van der Waals surface area contributed by atoms with Gasteiger partial charge in [-0.2, -0.15) is 4.72 Å². The first-order chi connectivity index (χ1) is 19.7. The molecular weight excluding hydrogens is 542 g/mol. The normalized spacial score (nSPS) is 12.1. The molecule has 5 rings (SSSR count). The van der Waals surface area contributed by atoms with E-state index in [-0.39, 0.29) is 22.6 Å². The maximum Gasteiger partial charge on any atom is 0.336 e. The van der Waals surface area contributed by atoms with Gasteiger partial charge in [0.05, 0.1) is 12.0 Å². The number of methoxy groups -OCH3 is 1. The van der Waals surface area contributed by atoms with Crippen molar-refractivity contribution in [3.63, 3.8) is 0 Å². The SMILES string of the molecule is COc1ccc(-c2cc(=O)oc3cc(OC(=O)C(Cc4ccccc4)NS(=O)(=O)c4ccc(C)cc4)ccc23)cc1. The molecule has 0 aliphatic carbocycles. The first-order valence-electron chi connectivity index (χ1n) is 12.8. The summed E-state index contributed by atoms with van der Waals surface area (Å²) in [5.74, 6) is -0.0269. The van der Waals surface area contributed by atoms with E-state index < -0.39 is 27.7 Å². The van der Waals surface area contributed by atoms with E-state index in [4.69, 9.17) is 13.9 Å². The van der Waals surface area contributed by atoms with Crippen LogP contribution in [0.25, 0.3) is 22.1 Å². The average molecular weight is 570 g/mol. The number of hydrogen-bond acceptors (Lipinski definition) is 7. The number of nitrogens with one attached hydrogen (secondary N) is 1. The smallest absolute Gasteiger partial charge is 0.336 e. The summed E-state index contributed by atoms with van der Waals surface area (Å²) in [6, 6.07) is 27.5. The minimum absolute atomic E-state index is 0.0347. The van der Waals surface area contributed by atoms with Crippen LogP contribution in [0, 0.1) is 6.92 Å². The molecule has 208 valence electrons. The monoisotopic (exact) mass is 569 g/mol. The van der Waals surface area contributed by atoms with Crippen LogP contribution in [0.15, 0.2) is 117 Å². The highest BCUT2D eigenvalue weighted by atomic mass is 32.2. The van der Waals surface area contributed by atoms with Crippen LogP contribution >= 0.6 is 0 Å². The Hall–Kier alpha value is -4.73. The van der Waals surface area contributed by atoms with E-state index in [0.29, 0.717) is 16.7 Å². The first kappa shape index (κ1) is 27.8. The molecule has 0 bridgehead atoms. The molecule has 9 heteroatoms. The van der Waals surface area contributed by atoms with Gasteiger partial charge in [-0.25, -0.2) is 18.0 Å². The summed E-state index contributed by atoms with van der Waals surface area (Å²) in [5.41, 5.74) is 2.72. The number of carbonyl (C=O) groups is 1. The predicted octanol–water partition coefficient (Wildman–Crippen LogP) is 5.27. The average Bonchev–Trinajstić information content (AvgIpc) is 2.97. The van der Waals surface area contributed by atoms with Crippen LogP contribution in [0.1, 0.15) is 11.1 Å². The quantitative estimate of drug-likeness (QED) is 0.146. The molecule has 0 spiro atoms. The van der Waals surface area contributed by atoms with Crippen LogP contribution in [0.5, 0.6) is 11.5 Å². The fraction of sp³-hybridized carbons (Fsp3) is 0.125. The Morgan fingerprint density at radius 2 is 1.56 bits per heavy atom. The molecule has 41 heavy (non-hydrogen) atoms. The highest BCUT2D eigenvalue weighted by Crippen LogP contribution is 2.31. The number of esters is 1. The maximum absolute atomic E-state index is 13.4. The minimum atomic E-state index is -4.03. The largest absolute Gasteiger partial charge is 0.497 e. The Morgan fingerprint density at radius 3 is 2.24 bits per heavy atom. The molecule has 1 atom stereocenters. The van der Waals surface area contributed by atoms with Gasteiger partial charge in [0.1, 0.15) is 23.1 Å². The molecule has 1 unspecified atom stereocenters. The van der Waals surface area contributed by atoms with Crippen molar-refractivity contribution >= 4 is 27.0 Å². The van der Waals surface area contributed by atoms with Crippen molar-refractivity contribution in [2.75, 3.05) is 7.11 Å². The van der Waals surface area contributed by atoms with Crippen molar-refractivity contribution in [1.82, 2.24) is 4.72 Å². The van der Waals surface area contributed by atoms with Gasteiger partial charge in [0.2, 0.25) is 10.0 Å². The number of carbonyl (C=O) groups excluding carboxylic acids is 1. The number of aryl methyl sites for hydroxylation is 1. The molecule has 0 saturated carbocycles. The van der Waals surface area contributed by atoms with Gasteiger partial charge < -0.3 is 13.9 Å². The van der Waals surface area contributed by atoms with E-state index in [2.05, 4.69) is 4.72 Å². The summed E-state index contributed by atoms with van der Waals surface area (Å²) in [6.07, 6.45) is 0.0645. The van der Waals surface area contributed by atoms with E-state index >= 15 is 0 Å². The fourth-order valence-electron chi connectivity index (χ4n) is 4.40. The molecule has 0 saturated heterocycles. The number of benzene rings is 4. The second-order valence-corrected chi connectivity index (χ2v) is 11.2. The summed E-state index contributed by atoms with van der Waals surface area (Å²) in [4.78, 5) is 25.8. The van der Waals surface area contributed by atoms with Crippen molar-refractivity contribution in [1.29, 1.82) is 0 Å². The molecule has 1 aromatic heterocycles. The van der Waals surface area contributed by atoms with Crippen LogP contribution in [0.4, 0.5) is 0 Å². The summed E-state index contributed by atoms with van der Waals surface area (Å²) < 4.78 is 45.1. The lowest BCUT2D eigenvalue weighted by Gasteiger charge is -2.18. The molecule has 5 aromatic rings. The second-order valence-electron chi connectivity index (χ2n) is 9.46. The lowest BCUT2D eigenvalue weighted by atomic mass is 10.0. The van der Waals surface area contributed by atoms with Crippen molar-refractivity contribution in [2.45, 2.75) is 24.3 Å². The lowest BCUT2D eigenvalue weighted by molar-refractivity contribution is -0.136. The molecular formula is C32H27NO7S. The molecule has 1 N–H and O–H groups in total. The molecule has 4 aromatic carbocycles. The number of sulfonamides is 1. The lowest BCUT2D eigenvalue weighted by Crippen LogP contribution is -2.44. The molecule has 0 aliphatic heterocycles. The van der Waals surface area contributed by atoms with Gasteiger partial charge in [-0.3, -0.25) is 0 Å². The first-order valence-corrected chi connectivity index (χ1v) is 14.3. The van der Waals surface area contributed by atoms with Gasteiger partial charge in [0.15, 0.2) is 0 Å². The summed E-state index contributed by atoms with van der Waals surface area (Å²) >= 11 is 0. The summed E-state index contributed by atoms with van der Waals surface area (Å²) in [6.45, 7) is 1.85. The Morgan fingerprint density at radius 1 is 0.878 bits per heavy atom. The molecule has 0 aliphatic rings. The zero-order valence-electron chi connectivity index (χ0n) is 22.4. The van der Waals surface area contributed by atoms with E-state index in [1.54, 1.807) is 67.8 Å². The summed E-state index contributed by atoms with van der Waals surface area (Å²) in [7, 11) is -2.46. The van der Waals surface area contributed by atoms with E-state index in [1.165, 1.54) is 24.3 Å². The van der Waals surface area contributed by atoms with E-state index in [1.807, 2.05) is 25.1 Å². The third-order valence-corrected chi connectivity index (χ3v) is 8.02. The van der Waals surface area contributed by atoms with Crippen molar-refractivity contribution in [2.24, 2.45) is 0 Å². The van der Waals surface area contributed by atoms with Gasteiger partial charge in [-0.05, 0) is 66.4 Å². The minimum Gasteiger partial charge on any atom is -0.497 e. The van der Waals surface area contributed by atoms with Crippen LogP contribution in [-0.4, -0.2) is 27.5 Å². The van der Waals surface area contributed by atoms with Gasteiger partial charge >= 0.3 is 11.6 Å². The standard InChI is InChI=1S/C32H27NO7S/c1-21-8-15-26(16-9-21)41(36,37)33-29(18-22-6-4-3-5-7-22)32(35)39-25-14-17-27-28(20-31(34)40-30(27)19-25)23-10-12-24(38-2)13-11-23/h3-17,19-20,29,33H,18H2,1-2H3. The van der Waals surface area contributed by atoms with Crippen LogP contribution < -0.4 is 19.8 Å². The second kappa shape index (κ2) is 11.8. The molecule has 0 radical (unpaired) electrons.